The molecule has 49 valence electrons. The Morgan fingerprint density at radius 1 is 1.50 bits per heavy atom. The maximum Gasteiger partial charge on any atom is 0.146 e. The molecule has 0 saturated heterocycles. The lowest BCUT2D eigenvalue weighted by atomic mass is 10.4. The van der Waals surface area contributed by atoms with Gasteiger partial charge >= 0.3 is 0 Å². The van der Waals surface area contributed by atoms with Gasteiger partial charge in [-0.3, -0.25) is 0 Å². The van der Waals surface area contributed by atoms with Gasteiger partial charge in [0.1, 0.15) is 6.79 Å². The molecule has 2 nitrogen and oxygen atoms in total. The van der Waals surface area contributed by atoms with Gasteiger partial charge in [-0.25, -0.2) is 0 Å². The second-order valence-electron chi connectivity index (χ2n) is 1.53. The van der Waals surface area contributed by atoms with Crippen LogP contribution < -0.4 is 0 Å². The van der Waals surface area contributed by atoms with Crippen LogP contribution in [0.15, 0.2) is 0 Å². The van der Waals surface area contributed by atoms with Gasteiger partial charge in [-0.05, 0) is 6.42 Å². The summed E-state index contributed by atoms with van der Waals surface area (Å²) in [7, 11) is 1.61. The first-order valence-corrected chi connectivity index (χ1v) is 2.84. The van der Waals surface area contributed by atoms with Crippen LogP contribution in [0.2, 0.25) is 0 Å². The van der Waals surface area contributed by atoms with Crippen LogP contribution in [0.1, 0.15) is 19.8 Å². The Morgan fingerprint density at radius 2 is 2.25 bits per heavy atom. The first kappa shape index (κ1) is 7.92. The molecule has 0 heterocycles. The Bertz CT molecular complexity index is 31.5. The number of ether oxygens (including phenoxy) is 2. The molecule has 0 fully saturated rings. The highest BCUT2D eigenvalue weighted by molar-refractivity contribution is 4.44. The van der Waals surface area contributed by atoms with Crippen molar-refractivity contribution < 1.29 is 9.47 Å². The van der Waals surface area contributed by atoms with E-state index in [1.165, 1.54) is 0 Å². The van der Waals surface area contributed by atoms with Gasteiger partial charge < -0.3 is 9.47 Å². The van der Waals surface area contributed by atoms with E-state index in [-0.39, 0.29) is 0 Å². The minimum absolute atomic E-state index is 0.375. The summed E-state index contributed by atoms with van der Waals surface area (Å²) in [6.07, 6.45) is 2.13. The third kappa shape index (κ3) is 5.92. The van der Waals surface area contributed by atoms with Crippen LogP contribution in [-0.2, 0) is 9.47 Å². The van der Waals surface area contributed by atoms with Gasteiger partial charge in [0.15, 0.2) is 0 Å². The van der Waals surface area contributed by atoms with Crippen molar-refractivity contribution in [3.8, 4) is 0 Å². The van der Waals surface area contributed by atoms with Gasteiger partial charge in [0.05, 0.1) is 6.61 Å². The standard InChI is InChI=1S/C6H13O2/c1-3-4-5-8-6-7-2/h5H,3-4,6H2,1-2H3. The molecule has 2 heteroatoms. The molecule has 0 aliphatic rings. The molecule has 0 unspecified atom stereocenters. The van der Waals surface area contributed by atoms with Crippen LogP contribution >= 0.6 is 0 Å². The SMILES string of the molecule is CCC[CH]OCOC. The summed E-state index contributed by atoms with van der Waals surface area (Å²) in [5.74, 6) is 0. The zero-order valence-electron chi connectivity index (χ0n) is 5.52. The molecule has 0 saturated carbocycles. The summed E-state index contributed by atoms with van der Waals surface area (Å²) in [5, 5.41) is 0. The largest absolute Gasteiger partial charge is 0.359 e. The minimum atomic E-state index is 0.375. The fraction of sp³-hybridized carbons (Fsp3) is 0.833. The van der Waals surface area contributed by atoms with E-state index < -0.39 is 0 Å². The molecule has 0 aromatic heterocycles. The van der Waals surface area contributed by atoms with Gasteiger partial charge in [-0.1, -0.05) is 13.3 Å². The van der Waals surface area contributed by atoms with Crippen molar-refractivity contribution in [2.45, 2.75) is 19.8 Å². The Kier molecular flexibility index (Phi) is 6.85. The average Bonchev–Trinajstić information content (AvgIpc) is 1.81. The maximum absolute atomic E-state index is 4.88. The molecule has 0 bridgehead atoms. The molecule has 0 N–H and O–H groups in total. The highest BCUT2D eigenvalue weighted by atomic mass is 16.7. The number of hydrogen-bond acceptors (Lipinski definition) is 2. The third-order valence-electron chi connectivity index (χ3n) is 0.710. The summed E-state index contributed by atoms with van der Waals surface area (Å²) in [6, 6.07) is 0. The van der Waals surface area contributed by atoms with Crippen LogP contribution in [0, 0.1) is 6.61 Å². The highest BCUT2D eigenvalue weighted by Gasteiger charge is 1.82. The molecule has 0 atom stereocenters. The summed E-state index contributed by atoms with van der Waals surface area (Å²) < 4.78 is 9.51. The van der Waals surface area contributed by atoms with Gasteiger partial charge in [0.25, 0.3) is 0 Å². The van der Waals surface area contributed by atoms with Gasteiger partial charge in [-0.2, -0.15) is 0 Å². The number of hydrogen-bond donors (Lipinski definition) is 0. The molecule has 0 spiro atoms. The second-order valence-corrected chi connectivity index (χ2v) is 1.53. The molecule has 0 aromatic carbocycles. The molecule has 0 rings (SSSR count). The van der Waals surface area contributed by atoms with Crippen LogP contribution in [0.4, 0.5) is 0 Å². The summed E-state index contributed by atoms with van der Waals surface area (Å²) >= 11 is 0. The number of unbranched alkanes of at least 4 members (excludes halogenated alkanes) is 1. The van der Waals surface area contributed by atoms with E-state index in [0.29, 0.717) is 6.79 Å². The lowest BCUT2D eigenvalue weighted by Gasteiger charge is -1.97. The van der Waals surface area contributed by atoms with Crippen LogP contribution in [0.25, 0.3) is 0 Å². The average molecular weight is 117 g/mol. The normalized spacial score (nSPS) is 9.75. The summed E-state index contributed by atoms with van der Waals surface area (Å²) in [5.41, 5.74) is 0. The topological polar surface area (TPSA) is 18.5 Å². The van der Waals surface area contributed by atoms with Gasteiger partial charge in [0.2, 0.25) is 0 Å². The van der Waals surface area contributed by atoms with Crippen molar-refractivity contribution in [2.24, 2.45) is 0 Å². The molecule has 0 amide bonds. The van der Waals surface area contributed by atoms with Crippen LogP contribution in [0.5, 0.6) is 0 Å². The van der Waals surface area contributed by atoms with Crippen molar-refractivity contribution >= 4 is 0 Å². The van der Waals surface area contributed by atoms with E-state index in [4.69, 9.17) is 4.74 Å². The van der Waals surface area contributed by atoms with E-state index in [1.807, 2.05) is 0 Å². The Morgan fingerprint density at radius 3 is 2.75 bits per heavy atom. The molecule has 0 aromatic rings. The minimum Gasteiger partial charge on any atom is -0.359 e. The molecular formula is C6H13O2. The summed E-state index contributed by atoms with van der Waals surface area (Å²) in [4.78, 5) is 0. The lowest BCUT2D eigenvalue weighted by molar-refractivity contribution is -0.00272. The Labute approximate surface area is 50.8 Å². The fourth-order valence-electron chi connectivity index (χ4n) is 0.317. The second kappa shape index (κ2) is 6.92. The first-order valence-electron chi connectivity index (χ1n) is 2.84. The molecular weight excluding hydrogens is 104 g/mol. The molecule has 1 radical (unpaired) electrons. The highest BCUT2D eigenvalue weighted by Crippen LogP contribution is 1.92. The molecule has 0 aliphatic heterocycles. The Hall–Kier alpha value is -0.0800. The van der Waals surface area contributed by atoms with Gasteiger partial charge in [0, 0.05) is 7.11 Å². The van der Waals surface area contributed by atoms with E-state index in [1.54, 1.807) is 13.7 Å². The predicted octanol–water partition coefficient (Wildman–Crippen LogP) is 1.57. The van der Waals surface area contributed by atoms with Crippen molar-refractivity contribution in [3.63, 3.8) is 0 Å². The van der Waals surface area contributed by atoms with E-state index >= 15 is 0 Å². The van der Waals surface area contributed by atoms with E-state index in [0.717, 1.165) is 12.8 Å². The molecule has 8 heavy (non-hydrogen) atoms. The smallest absolute Gasteiger partial charge is 0.146 e. The maximum atomic E-state index is 4.88. The monoisotopic (exact) mass is 117 g/mol. The van der Waals surface area contributed by atoms with E-state index in [9.17, 15) is 0 Å². The molecule has 0 aliphatic carbocycles. The quantitative estimate of drug-likeness (QED) is 0.402. The zero-order chi connectivity index (χ0) is 6.24. The number of rotatable bonds is 5. The van der Waals surface area contributed by atoms with Crippen molar-refractivity contribution in [3.05, 3.63) is 6.61 Å². The summed E-state index contributed by atoms with van der Waals surface area (Å²) in [6.45, 7) is 4.25. The fourth-order valence-corrected chi connectivity index (χ4v) is 0.317. The van der Waals surface area contributed by atoms with Crippen molar-refractivity contribution in [1.29, 1.82) is 0 Å². The Balaban J connectivity index is 2.53. The first-order chi connectivity index (χ1) is 3.91. The van der Waals surface area contributed by atoms with Crippen LogP contribution in [-0.4, -0.2) is 13.9 Å². The van der Waals surface area contributed by atoms with E-state index in [2.05, 4.69) is 11.7 Å². The zero-order valence-corrected chi connectivity index (χ0v) is 5.52. The lowest BCUT2D eigenvalue weighted by Crippen LogP contribution is -1.92. The predicted molar refractivity (Wildman–Crippen MR) is 32.2 cm³/mol. The number of methoxy groups -OCH3 is 1. The van der Waals surface area contributed by atoms with Crippen molar-refractivity contribution in [1.82, 2.24) is 0 Å². The van der Waals surface area contributed by atoms with Crippen LogP contribution in [0.3, 0.4) is 0 Å². The van der Waals surface area contributed by atoms with Gasteiger partial charge in [-0.15, -0.1) is 0 Å². The van der Waals surface area contributed by atoms with Crippen molar-refractivity contribution in [2.75, 3.05) is 13.9 Å². The third-order valence-corrected chi connectivity index (χ3v) is 0.710.